The molecular formula is C19H24N2O4. The fourth-order valence-corrected chi connectivity index (χ4v) is 3.83. The fourth-order valence-electron chi connectivity index (χ4n) is 3.83. The summed E-state index contributed by atoms with van der Waals surface area (Å²) in [5, 5.41) is 1.22. The Balaban J connectivity index is 1.44. The molecule has 3 heterocycles. The Labute approximate surface area is 147 Å². The van der Waals surface area contributed by atoms with Crippen molar-refractivity contribution in [1.29, 1.82) is 0 Å². The van der Waals surface area contributed by atoms with Gasteiger partial charge in [-0.15, -0.1) is 0 Å². The first-order valence-electron chi connectivity index (χ1n) is 8.89. The first-order valence-corrected chi connectivity index (χ1v) is 8.89. The van der Waals surface area contributed by atoms with Gasteiger partial charge in [-0.2, -0.15) is 0 Å². The van der Waals surface area contributed by atoms with E-state index in [0.29, 0.717) is 25.7 Å². The first-order chi connectivity index (χ1) is 12.3. The number of benzene rings is 1. The Morgan fingerprint density at radius 2 is 2.12 bits per heavy atom. The molecule has 0 saturated carbocycles. The summed E-state index contributed by atoms with van der Waals surface area (Å²) in [5.41, 5.74) is 2.44. The van der Waals surface area contributed by atoms with Gasteiger partial charge in [-0.25, -0.2) is 0 Å². The molecule has 0 bridgehead atoms. The number of carbonyl (C=O) groups excluding carboxylic acids is 1. The van der Waals surface area contributed by atoms with Gasteiger partial charge in [-0.3, -0.25) is 4.79 Å². The maximum atomic E-state index is 12.5. The van der Waals surface area contributed by atoms with E-state index in [1.165, 1.54) is 10.9 Å². The molecule has 2 aromatic rings. The van der Waals surface area contributed by atoms with E-state index < -0.39 is 6.10 Å². The highest BCUT2D eigenvalue weighted by Crippen LogP contribution is 2.34. The third kappa shape index (κ3) is 3.24. The molecule has 2 aliphatic heterocycles. The van der Waals surface area contributed by atoms with Crippen LogP contribution in [0.15, 0.2) is 24.4 Å². The molecule has 134 valence electrons. The fraction of sp³-hybridized carbons (Fsp3) is 0.526. The van der Waals surface area contributed by atoms with Crippen LogP contribution in [-0.4, -0.2) is 61.9 Å². The number of aromatic nitrogens is 1. The SMILES string of the molecule is COc1ccc2[nH]cc(C3CCN(C(=O)[C@H]4COCCO4)CC3)c2c1. The van der Waals surface area contributed by atoms with E-state index in [2.05, 4.69) is 23.3 Å². The normalized spacial score (nSPS) is 22.3. The number of hydrogen-bond acceptors (Lipinski definition) is 4. The lowest BCUT2D eigenvalue weighted by atomic mass is 9.89. The minimum absolute atomic E-state index is 0.0683. The average Bonchev–Trinajstić information content (AvgIpc) is 3.11. The lowest BCUT2D eigenvalue weighted by molar-refractivity contribution is -0.158. The third-order valence-electron chi connectivity index (χ3n) is 5.26. The topological polar surface area (TPSA) is 63.8 Å². The number of fused-ring (bicyclic) bond motifs is 1. The number of nitrogens with one attached hydrogen (secondary N) is 1. The monoisotopic (exact) mass is 344 g/mol. The molecule has 1 N–H and O–H groups in total. The number of hydrogen-bond donors (Lipinski definition) is 1. The summed E-state index contributed by atoms with van der Waals surface area (Å²) in [4.78, 5) is 17.8. The van der Waals surface area contributed by atoms with Crippen molar-refractivity contribution >= 4 is 16.8 Å². The molecule has 0 unspecified atom stereocenters. The van der Waals surface area contributed by atoms with Crippen molar-refractivity contribution in [1.82, 2.24) is 9.88 Å². The highest BCUT2D eigenvalue weighted by Gasteiger charge is 2.31. The van der Waals surface area contributed by atoms with Crippen molar-refractivity contribution in [2.45, 2.75) is 24.9 Å². The van der Waals surface area contributed by atoms with E-state index in [0.717, 1.165) is 37.2 Å². The number of piperidine rings is 1. The van der Waals surface area contributed by atoms with E-state index in [4.69, 9.17) is 14.2 Å². The van der Waals surface area contributed by atoms with Gasteiger partial charge >= 0.3 is 0 Å². The maximum absolute atomic E-state index is 12.5. The standard InChI is InChI=1S/C19H24N2O4/c1-23-14-2-3-17-15(10-14)16(11-20-17)13-4-6-21(7-5-13)19(22)18-12-24-8-9-25-18/h2-3,10-11,13,18,20H,4-9,12H2,1H3/t18-/m1/s1. The van der Waals surface area contributed by atoms with Crippen LogP contribution in [0.3, 0.4) is 0 Å². The predicted molar refractivity (Wildman–Crippen MR) is 94.0 cm³/mol. The van der Waals surface area contributed by atoms with Crippen LogP contribution >= 0.6 is 0 Å². The second kappa shape index (κ2) is 7.06. The zero-order valence-electron chi connectivity index (χ0n) is 14.5. The van der Waals surface area contributed by atoms with Gasteiger partial charge in [0.05, 0.1) is 26.9 Å². The molecule has 0 aliphatic carbocycles. The van der Waals surface area contributed by atoms with Crippen molar-refractivity contribution < 1.29 is 19.0 Å². The summed E-state index contributed by atoms with van der Waals surface area (Å²) in [5.74, 6) is 1.39. The van der Waals surface area contributed by atoms with Gasteiger partial charge in [0, 0.05) is 30.2 Å². The lowest BCUT2D eigenvalue weighted by Crippen LogP contribution is -2.47. The van der Waals surface area contributed by atoms with E-state index in [1.807, 2.05) is 11.0 Å². The van der Waals surface area contributed by atoms with Gasteiger partial charge in [0.1, 0.15) is 5.75 Å². The van der Waals surface area contributed by atoms with Gasteiger partial charge in [-0.05, 0) is 42.5 Å². The molecule has 1 aromatic heterocycles. The summed E-state index contributed by atoms with van der Waals surface area (Å²) >= 11 is 0. The van der Waals surface area contributed by atoms with Crippen molar-refractivity contribution in [3.05, 3.63) is 30.0 Å². The molecule has 6 nitrogen and oxygen atoms in total. The number of ether oxygens (including phenoxy) is 3. The van der Waals surface area contributed by atoms with Crippen LogP contribution in [0.5, 0.6) is 5.75 Å². The van der Waals surface area contributed by atoms with Crippen LogP contribution in [0.25, 0.3) is 10.9 Å². The first kappa shape index (κ1) is 16.4. The van der Waals surface area contributed by atoms with E-state index >= 15 is 0 Å². The minimum atomic E-state index is -0.428. The summed E-state index contributed by atoms with van der Waals surface area (Å²) in [6.07, 6.45) is 3.60. The van der Waals surface area contributed by atoms with Crippen LogP contribution in [0.4, 0.5) is 0 Å². The molecule has 1 aromatic carbocycles. The molecule has 2 saturated heterocycles. The molecule has 0 radical (unpaired) electrons. The Bertz CT molecular complexity index is 743. The molecule has 4 rings (SSSR count). The molecular weight excluding hydrogens is 320 g/mol. The minimum Gasteiger partial charge on any atom is -0.497 e. The van der Waals surface area contributed by atoms with Gasteiger partial charge < -0.3 is 24.1 Å². The van der Waals surface area contributed by atoms with Gasteiger partial charge in [-0.1, -0.05) is 0 Å². The summed E-state index contributed by atoms with van der Waals surface area (Å²) in [6, 6.07) is 6.11. The van der Waals surface area contributed by atoms with E-state index in [9.17, 15) is 4.79 Å². The van der Waals surface area contributed by atoms with Gasteiger partial charge in [0.2, 0.25) is 0 Å². The highest BCUT2D eigenvalue weighted by atomic mass is 16.6. The quantitative estimate of drug-likeness (QED) is 0.928. The highest BCUT2D eigenvalue weighted by molar-refractivity contribution is 5.85. The second-order valence-electron chi connectivity index (χ2n) is 6.69. The number of methoxy groups -OCH3 is 1. The van der Waals surface area contributed by atoms with Crippen LogP contribution < -0.4 is 4.74 Å². The maximum Gasteiger partial charge on any atom is 0.254 e. The molecule has 0 spiro atoms. The third-order valence-corrected chi connectivity index (χ3v) is 5.26. The Hall–Kier alpha value is -2.05. The number of rotatable bonds is 3. The molecule has 1 amide bonds. The molecule has 2 fully saturated rings. The Morgan fingerprint density at radius 3 is 2.84 bits per heavy atom. The number of H-pyrrole nitrogens is 1. The van der Waals surface area contributed by atoms with E-state index in [-0.39, 0.29) is 5.91 Å². The van der Waals surface area contributed by atoms with Crippen LogP contribution in [-0.2, 0) is 14.3 Å². The van der Waals surface area contributed by atoms with Crippen molar-refractivity contribution in [2.24, 2.45) is 0 Å². The summed E-state index contributed by atoms with van der Waals surface area (Å²) in [7, 11) is 1.69. The Kier molecular flexibility index (Phi) is 4.63. The van der Waals surface area contributed by atoms with Crippen LogP contribution in [0.1, 0.15) is 24.3 Å². The average molecular weight is 344 g/mol. The number of nitrogens with zero attached hydrogens (tertiary/aromatic N) is 1. The van der Waals surface area contributed by atoms with Crippen molar-refractivity contribution in [2.75, 3.05) is 40.0 Å². The summed E-state index contributed by atoms with van der Waals surface area (Å²) < 4.78 is 16.3. The number of amides is 1. The predicted octanol–water partition coefficient (Wildman–Crippen LogP) is 2.30. The molecule has 6 heteroatoms. The number of aromatic amines is 1. The lowest BCUT2D eigenvalue weighted by Gasteiger charge is -2.35. The molecule has 25 heavy (non-hydrogen) atoms. The zero-order valence-corrected chi connectivity index (χ0v) is 14.5. The van der Waals surface area contributed by atoms with Crippen molar-refractivity contribution in [3.63, 3.8) is 0 Å². The van der Waals surface area contributed by atoms with Crippen molar-refractivity contribution in [3.8, 4) is 5.75 Å². The van der Waals surface area contributed by atoms with Gasteiger partial charge in [0.15, 0.2) is 6.10 Å². The molecule has 2 aliphatic rings. The van der Waals surface area contributed by atoms with Gasteiger partial charge in [0.25, 0.3) is 5.91 Å². The number of carbonyl (C=O) groups is 1. The van der Waals surface area contributed by atoms with Crippen LogP contribution in [0.2, 0.25) is 0 Å². The summed E-state index contributed by atoms with van der Waals surface area (Å²) in [6.45, 7) is 2.99. The number of likely N-dealkylation sites (tertiary alicyclic amines) is 1. The Morgan fingerprint density at radius 1 is 1.28 bits per heavy atom. The van der Waals surface area contributed by atoms with Crippen LogP contribution in [0, 0.1) is 0 Å². The largest absolute Gasteiger partial charge is 0.497 e. The smallest absolute Gasteiger partial charge is 0.254 e. The molecule has 1 atom stereocenters. The van der Waals surface area contributed by atoms with E-state index in [1.54, 1.807) is 7.11 Å². The second-order valence-corrected chi connectivity index (χ2v) is 6.69. The zero-order chi connectivity index (χ0) is 17.2.